The zero-order valence-electron chi connectivity index (χ0n) is 17.0. The highest BCUT2D eigenvalue weighted by molar-refractivity contribution is 6.31. The Labute approximate surface area is 180 Å². The molecule has 0 radical (unpaired) electrons. The van der Waals surface area contributed by atoms with E-state index in [1.807, 2.05) is 0 Å². The van der Waals surface area contributed by atoms with Gasteiger partial charge in [-0.1, -0.05) is 37.8 Å². The SMILES string of the molecule is C[C@@H](CCO)C(Nc1nc(C(=N)c2cc(Cl)cnc2N)ncc1F)C1CCCCC1. The van der Waals surface area contributed by atoms with Gasteiger partial charge in [-0.05, 0) is 37.2 Å². The number of aliphatic hydroxyl groups is 1. The van der Waals surface area contributed by atoms with Crippen LogP contribution in [0.4, 0.5) is 16.0 Å². The van der Waals surface area contributed by atoms with E-state index in [4.69, 9.17) is 22.7 Å². The van der Waals surface area contributed by atoms with E-state index in [1.165, 1.54) is 18.7 Å². The topological polar surface area (TPSA) is 121 Å². The average Bonchev–Trinajstić information content (AvgIpc) is 2.75. The molecule has 7 nitrogen and oxygen atoms in total. The first-order valence-electron chi connectivity index (χ1n) is 10.3. The largest absolute Gasteiger partial charge is 0.396 e. The molecule has 1 aliphatic carbocycles. The molecule has 2 atom stereocenters. The zero-order chi connectivity index (χ0) is 21.7. The summed E-state index contributed by atoms with van der Waals surface area (Å²) in [6, 6.07) is 1.49. The highest BCUT2D eigenvalue weighted by Gasteiger charge is 2.29. The van der Waals surface area contributed by atoms with Crippen molar-refractivity contribution in [3.8, 4) is 0 Å². The number of nitrogens with zero attached hydrogens (tertiary/aromatic N) is 3. The van der Waals surface area contributed by atoms with Gasteiger partial charge in [0, 0.05) is 24.4 Å². The molecule has 30 heavy (non-hydrogen) atoms. The van der Waals surface area contributed by atoms with Gasteiger partial charge in [-0.15, -0.1) is 0 Å². The highest BCUT2D eigenvalue weighted by atomic mass is 35.5. The number of hydrogen-bond donors (Lipinski definition) is 4. The van der Waals surface area contributed by atoms with Crippen LogP contribution in [-0.4, -0.2) is 38.4 Å². The molecule has 1 aliphatic rings. The van der Waals surface area contributed by atoms with Crippen LogP contribution in [0.2, 0.25) is 5.02 Å². The Morgan fingerprint density at radius 1 is 1.33 bits per heavy atom. The molecule has 1 fully saturated rings. The quantitative estimate of drug-likeness (QED) is 0.465. The second-order valence-electron chi connectivity index (χ2n) is 7.91. The Morgan fingerprint density at radius 3 is 2.77 bits per heavy atom. The van der Waals surface area contributed by atoms with E-state index >= 15 is 0 Å². The predicted molar refractivity (Wildman–Crippen MR) is 116 cm³/mol. The second kappa shape index (κ2) is 10.1. The number of aliphatic hydroxyl groups excluding tert-OH is 1. The van der Waals surface area contributed by atoms with Gasteiger partial charge < -0.3 is 16.2 Å². The Bertz CT molecular complexity index is 890. The number of hydrogen-bond acceptors (Lipinski definition) is 7. The van der Waals surface area contributed by atoms with E-state index in [9.17, 15) is 9.50 Å². The summed E-state index contributed by atoms with van der Waals surface area (Å²) in [4.78, 5) is 12.2. The molecule has 0 amide bonds. The van der Waals surface area contributed by atoms with Crippen LogP contribution in [-0.2, 0) is 0 Å². The van der Waals surface area contributed by atoms with Gasteiger partial charge in [0.25, 0.3) is 0 Å². The van der Waals surface area contributed by atoms with Gasteiger partial charge in [0.2, 0.25) is 0 Å². The lowest BCUT2D eigenvalue weighted by molar-refractivity contribution is 0.214. The molecule has 162 valence electrons. The van der Waals surface area contributed by atoms with Crippen LogP contribution in [0.5, 0.6) is 0 Å². The number of nitrogen functional groups attached to an aromatic ring is 1. The molecule has 1 saturated carbocycles. The van der Waals surface area contributed by atoms with Crippen LogP contribution in [0.3, 0.4) is 0 Å². The number of pyridine rings is 1. The van der Waals surface area contributed by atoms with Gasteiger partial charge >= 0.3 is 0 Å². The van der Waals surface area contributed by atoms with Crippen LogP contribution in [0.25, 0.3) is 0 Å². The Morgan fingerprint density at radius 2 is 2.07 bits per heavy atom. The molecule has 5 N–H and O–H groups in total. The van der Waals surface area contributed by atoms with Crippen LogP contribution < -0.4 is 11.1 Å². The fourth-order valence-corrected chi connectivity index (χ4v) is 4.28. The number of rotatable bonds is 8. The standard InChI is InChI=1S/C21H28ClFN6O/c1-12(7-8-30)18(13-5-3-2-4-6-13)28-20-16(23)11-27-21(29-20)17(24)15-9-14(22)10-26-19(15)25/h9-13,18,24,30H,2-8H2,1H3,(H2,25,26)(H,27,28,29)/t12-,18?/m0/s1. The molecule has 2 aromatic rings. The third-order valence-electron chi connectivity index (χ3n) is 5.78. The van der Waals surface area contributed by atoms with Gasteiger partial charge in [0.15, 0.2) is 17.5 Å². The number of nitrogens with two attached hydrogens (primary N) is 1. The zero-order valence-corrected chi connectivity index (χ0v) is 17.8. The third-order valence-corrected chi connectivity index (χ3v) is 5.99. The lowest BCUT2D eigenvalue weighted by Gasteiger charge is -2.35. The van der Waals surface area contributed by atoms with E-state index in [0.717, 1.165) is 31.9 Å². The van der Waals surface area contributed by atoms with E-state index in [-0.39, 0.29) is 47.3 Å². The minimum Gasteiger partial charge on any atom is -0.396 e. The summed E-state index contributed by atoms with van der Waals surface area (Å²) in [5, 5.41) is 21.4. The van der Waals surface area contributed by atoms with Crippen molar-refractivity contribution in [3.05, 3.63) is 40.7 Å². The maximum absolute atomic E-state index is 14.6. The van der Waals surface area contributed by atoms with Crippen molar-refractivity contribution in [3.63, 3.8) is 0 Å². The molecular formula is C21H28ClFN6O. The molecule has 2 aromatic heterocycles. The van der Waals surface area contributed by atoms with Gasteiger partial charge in [-0.2, -0.15) is 0 Å². The van der Waals surface area contributed by atoms with Crippen molar-refractivity contribution in [2.45, 2.75) is 51.5 Å². The lowest BCUT2D eigenvalue weighted by atomic mass is 9.78. The van der Waals surface area contributed by atoms with Gasteiger partial charge in [-0.3, -0.25) is 5.41 Å². The van der Waals surface area contributed by atoms with E-state index in [1.54, 1.807) is 0 Å². The summed E-state index contributed by atoms with van der Waals surface area (Å²) in [7, 11) is 0. The van der Waals surface area contributed by atoms with Crippen molar-refractivity contribution in [2.75, 3.05) is 17.7 Å². The van der Waals surface area contributed by atoms with Gasteiger partial charge in [0.05, 0.1) is 11.2 Å². The fraction of sp³-hybridized carbons (Fsp3) is 0.524. The maximum Gasteiger partial charge on any atom is 0.183 e. The molecule has 3 rings (SSSR count). The Kier molecular flexibility index (Phi) is 7.55. The summed E-state index contributed by atoms with van der Waals surface area (Å²) < 4.78 is 14.6. The fourth-order valence-electron chi connectivity index (χ4n) is 4.12. The van der Waals surface area contributed by atoms with E-state index in [0.29, 0.717) is 17.4 Å². The van der Waals surface area contributed by atoms with Crippen molar-refractivity contribution < 1.29 is 9.50 Å². The van der Waals surface area contributed by atoms with Crippen LogP contribution >= 0.6 is 11.6 Å². The number of nitrogens with one attached hydrogen (secondary N) is 2. The van der Waals surface area contributed by atoms with Crippen LogP contribution in [0.15, 0.2) is 18.5 Å². The van der Waals surface area contributed by atoms with Gasteiger partial charge in [0.1, 0.15) is 11.5 Å². The molecule has 0 bridgehead atoms. The summed E-state index contributed by atoms with van der Waals surface area (Å²) in [5.41, 5.74) is 6.08. The van der Waals surface area contributed by atoms with Crippen LogP contribution in [0.1, 0.15) is 56.8 Å². The third kappa shape index (κ3) is 5.23. The molecule has 0 spiro atoms. The maximum atomic E-state index is 14.6. The molecule has 0 aliphatic heterocycles. The highest BCUT2D eigenvalue weighted by Crippen LogP contribution is 2.32. The smallest absolute Gasteiger partial charge is 0.183 e. The van der Waals surface area contributed by atoms with Crippen molar-refractivity contribution in [1.82, 2.24) is 15.0 Å². The van der Waals surface area contributed by atoms with E-state index < -0.39 is 5.82 Å². The van der Waals surface area contributed by atoms with Gasteiger partial charge in [-0.25, -0.2) is 19.3 Å². The summed E-state index contributed by atoms with van der Waals surface area (Å²) >= 11 is 5.98. The Hall–Kier alpha value is -2.32. The first-order chi connectivity index (χ1) is 14.4. The van der Waals surface area contributed by atoms with E-state index in [2.05, 4.69) is 27.2 Å². The van der Waals surface area contributed by atoms with Crippen molar-refractivity contribution in [2.24, 2.45) is 11.8 Å². The number of anilines is 2. The molecule has 2 heterocycles. The Balaban J connectivity index is 1.89. The predicted octanol–water partition coefficient (Wildman–Crippen LogP) is 4.04. The first-order valence-corrected chi connectivity index (χ1v) is 10.7. The minimum atomic E-state index is -0.583. The molecule has 0 aromatic carbocycles. The first kappa shape index (κ1) is 22.4. The summed E-state index contributed by atoms with van der Waals surface area (Å²) in [5.74, 6) is 0.156. The molecule has 1 unspecified atom stereocenters. The number of aromatic nitrogens is 3. The molecule has 0 saturated heterocycles. The normalized spacial score (nSPS) is 16.8. The van der Waals surface area contributed by atoms with Crippen molar-refractivity contribution in [1.29, 1.82) is 5.41 Å². The molecule has 9 heteroatoms. The second-order valence-corrected chi connectivity index (χ2v) is 8.35. The summed E-state index contributed by atoms with van der Waals surface area (Å²) in [6.45, 7) is 2.14. The summed E-state index contributed by atoms with van der Waals surface area (Å²) in [6.07, 6.45) is 8.71. The van der Waals surface area contributed by atoms with Crippen molar-refractivity contribution >= 4 is 28.9 Å². The average molecular weight is 435 g/mol. The van der Waals surface area contributed by atoms with Crippen LogP contribution in [0, 0.1) is 23.1 Å². The molecular weight excluding hydrogens is 407 g/mol. The number of halogens is 2. The lowest BCUT2D eigenvalue weighted by Crippen LogP contribution is -2.37. The monoisotopic (exact) mass is 434 g/mol. The minimum absolute atomic E-state index is 0.0261.